The molecule has 4 heteroatoms. The lowest BCUT2D eigenvalue weighted by atomic mass is 9.93. The van der Waals surface area contributed by atoms with Crippen molar-refractivity contribution in [2.24, 2.45) is 16.8 Å². The molecule has 0 spiro atoms. The Kier molecular flexibility index (Phi) is 4.75. The fraction of sp³-hybridized carbons (Fsp3) is 0.857. The number of hydrogen-bond donors (Lipinski definition) is 1. The fourth-order valence-electron chi connectivity index (χ4n) is 3.08. The van der Waals surface area contributed by atoms with E-state index in [-0.39, 0.29) is 11.8 Å². The molecule has 4 nitrogen and oxygen atoms in total. The van der Waals surface area contributed by atoms with Gasteiger partial charge in [0.25, 0.3) is 5.91 Å². The van der Waals surface area contributed by atoms with E-state index in [1.807, 2.05) is 0 Å². The number of nitrogens with two attached hydrogens (primary N) is 1. The summed E-state index contributed by atoms with van der Waals surface area (Å²) in [6.45, 7) is 2.75. The van der Waals surface area contributed by atoms with E-state index < -0.39 is 0 Å². The average Bonchev–Trinajstić information content (AvgIpc) is 2.74. The number of hydrazone groups is 1. The van der Waals surface area contributed by atoms with E-state index in [0.29, 0.717) is 12.6 Å². The average molecular weight is 251 g/mol. The Balaban J connectivity index is 2.04. The topological polar surface area (TPSA) is 58.7 Å². The van der Waals surface area contributed by atoms with Crippen LogP contribution in [0.1, 0.15) is 58.3 Å². The van der Waals surface area contributed by atoms with Gasteiger partial charge in [0.05, 0.1) is 17.7 Å². The summed E-state index contributed by atoms with van der Waals surface area (Å²) in [6.07, 6.45) is 8.67. The third-order valence-corrected chi connectivity index (χ3v) is 4.14. The Morgan fingerprint density at radius 3 is 2.67 bits per heavy atom. The van der Waals surface area contributed by atoms with Gasteiger partial charge in [0.2, 0.25) is 0 Å². The van der Waals surface area contributed by atoms with Crippen LogP contribution in [-0.2, 0) is 4.79 Å². The Morgan fingerprint density at radius 2 is 2.06 bits per heavy atom. The summed E-state index contributed by atoms with van der Waals surface area (Å²) in [6, 6.07) is 0.357. The van der Waals surface area contributed by atoms with Crippen molar-refractivity contribution in [1.29, 1.82) is 0 Å². The van der Waals surface area contributed by atoms with Crippen LogP contribution in [0.3, 0.4) is 0 Å². The normalized spacial score (nSPS) is 25.7. The molecule has 0 saturated heterocycles. The third-order valence-electron chi connectivity index (χ3n) is 4.14. The van der Waals surface area contributed by atoms with Crippen molar-refractivity contribution >= 4 is 11.6 Å². The number of nitrogens with zero attached hydrogens (tertiary/aromatic N) is 2. The maximum absolute atomic E-state index is 12.5. The van der Waals surface area contributed by atoms with Gasteiger partial charge in [0.15, 0.2) is 0 Å². The van der Waals surface area contributed by atoms with Gasteiger partial charge in [-0.15, -0.1) is 0 Å². The molecule has 18 heavy (non-hydrogen) atoms. The predicted molar refractivity (Wildman–Crippen MR) is 73.2 cm³/mol. The minimum atomic E-state index is 0.0143. The standard InChI is InChI=1S/C14H25N3O/c1-2-13-12(9-6-10-15)14(18)17(16-13)11-7-4-3-5-8-11/h11-12H,2-10,15H2,1H3. The fourth-order valence-corrected chi connectivity index (χ4v) is 3.08. The summed E-state index contributed by atoms with van der Waals surface area (Å²) in [7, 11) is 0. The van der Waals surface area contributed by atoms with E-state index in [9.17, 15) is 4.79 Å². The molecule has 0 aromatic heterocycles. The second-order valence-corrected chi connectivity index (χ2v) is 5.40. The zero-order valence-corrected chi connectivity index (χ0v) is 11.4. The van der Waals surface area contributed by atoms with Crippen LogP contribution in [0.4, 0.5) is 0 Å². The molecule has 2 N–H and O–H groups in total. The summed E-state index contributed by atoms with van der Waals surface area (Å²) in [5.41, 5.74) is 6.62. The molecule has 1 saturated carbocycles. The number of carbonyl (C=O) groups is 1. The second-order valence-electron chi connectivity index (χ2n) is 5.40. The highest BCUT2D eigenvalue weighted by atomic mass is 16.2. The summed E-state index contributed by atoms with van der Waals surface area (Å²) in [5, 5.41) is 6.41. The smallest absolute Gasteiger partial charge is 0.251 e. The first-order valence-corrected chi connectivity index (χ1v) is 7.38. The molecule has 102 valence electrons. The largest absolute Gasteiger partial charge is 0.330 e. The van der Waals surface area contributed by atoms with Gasteiger partial charge in [-0.2, -0.15) is 5.10 Å². The van der Waals surface area contributed by atoms with Crippen LogP contribution in [0.25, 0.3) is 0 Å². The first kappa shape index (κ1) is 13.5. The highest BCUT2D eigenvalue weighted by Crippen LogP contribution is 2.30. The van der Waals surface area contributed by atoms with Gasteiger partial charge < -0.3 is 5.73 Å². The van der Waals surface area contributed by atoms with Crippen LogP contribution in [0, 0.1) is 5.92 Å². The van der Waals surface area contributed by atoms with Gasteiger partial charge in [-0.3, -0.25) is 4.79 Å². The molecular weight excluding hydrogens is 226 g/mol. The Hall–Kier alpha value is -0.900. The maximum atomic E-state index is 12.5. The lowest BCUT2D eigenvalue weighted by Crippen LogP contribution is -2.37. The molecule has 1 aliphatic heterocycles. The first-order valence-electron chi connectivity index (χ1n) is 7.38. The molecule has 1 heterocycles. The second kappa shape index (κ2) is 6.32. The molecule has 0 bridgehead atoms. The van der Waals surface area contributed by atoms with E-state index in [1.165, 1.54) is 19.3 Å². The van der Waals surface area contributed by atoms with Crippen LogP contribution >= 0.6 is 0 Å². The number of hydrogen-bond acceptors (Lipinski definition) is 3. The van der Waals surface area contributed by atoms with Crippen LogP contribution < -0.4 is 5.73 Å². The predicted octanol–water partition coefficient (Wildman–Crippen LogP) is 2.28. The van der Waals surface area contributed by atoms with Crippen LogP contribution in [0.15, 0.2) is 5.10 Å². The van der Waals surface area contributed by atoms with Gasteiger partial charge in [-0.05, 0) is 38.6 Å². The lowest BCUT2D eigenvalue weighted by molar-refractivity contribution is -0.134. The minimum Gasteiger partial charge on any atom is -0.330 e. The zero-order valence-electron chi connectivity index (χ0n) is 11.4. The minimum absolute atomic E-state index is 0.0143. The summed E-state index contributed by atoms with van der Waals surface area (Å²) < 4.78 is 0. The van der Waals surface area contributed by atoms with Crippen molar-refractivity contribution in [3.8, 4) is 0 Å². The van der Waals surface area contributed by atoms with Crippen molar-refractivity contribution in [2.45, 2.75) is 64.3 Å². The molecule has 1 atom stereocenters. The zero-order chi connectivity index (χ0) is 13.0. The SMILES string of the molecule is CCC1=NN(C2CCCCC2)C(=O)C1CCCN. The van der Waals surface area contributed by atoms with Gasteiger partial charge in [0, 0.05) is 0 Å². The van der Waals surface area contributed by atoms with Gasteiger partial charge in [0.1, 0.15) is 0 Å². The monoisotopic (exact) mass is 251 g/mol. The van der Waals surface area contributed by atoms with E-state index in [2.05, 4.69) is 12.0 Å². The molecule has 0 radical (unpaired) electrons. The highest BCUT2D eigenvalue weighted by molar-refractivity contribution is 6.07. The summed E-state index contributed by atoms with van der Waals surface area (Å²) in [5.74, 6) is 0.243. The number of carbonyl (C=O) groups excluding carboxylic acids is 1. The number of rotatable bonds is 5. The van der Waals surface area contributed by atoms with Gasteiger partial charge >= 0.3 is 0 Å². The van der Waals surface area contributed by atoms with Crippen LogP contribution in [0.2, 0.25) is 0 Å². The maximum Gasteiger partial charge on any atom is 0.251 e. The summed E-state index contributed by atoms with van der Waals surface area (Å²) in [4.78, 5) is 12.5. The summed E-state index contributed by atoms with van der Waals surface area (Å²) >= 11 is 0. The molecule has 2 rings (SSSR count). The molecular formula is C14H25N3O. The van der Waals surface area contributed by atoms with Crippen molar-refractivity contribution in [3.05, 3.63) is 0 Å². The molecule has 1 unspecified atom stereocenters. The van der Waals surface area contributed by atoms with Crippen molar-refractivity contribution < 1.29 is 4.79 Å². The van der Waals surface area contributed by atoms with Crippen molar-refractivity contribution in [1.82, 2.24) is 5.01 Å². The quantitative estimate of drug-likeness (QED) is 0.815. The lowest BCUT2D eigenvalue weighted by Gasteiger charge is -2.28. The van der Waals surface area contributed by atoms with Crippen LogP contribution in [0.5, 0.6) is 0 Å². The molecule has 0 aromatic rings. The third kappa shape index (κ3) is 2.74. The van der Waals surface area contributed by atoms with E-state index in [0.717, 1.165) is 37.8 Å². The Bertz CT molecular complexity index is 321. The Labute approximate surface area is 110 Å². The molecule has 1 fully saturated rings. The van der Waals surface area contributed by atoms with Crippen molar-refractivity contribution in [2.75, 3.05) is 6.54 Å². The molecule has 0 aromatic carbocycles. The van der Waals surface area contributed by atoms with E-state index in [1.54, 1.807) is 5.01 Å². The highest BCUT2D eigenvalue weighted by Gasteiger charge is 2.37. The Morgan fingerprint density at radius 1 is 1.33 bits per heavy atom. The molecule has 1 aliphatic carbocycles. The van der Waals surface area contributed by atoms with Crippen molar-refractivity contribution in [3.63, 3.8) is 0 Å². The number of amides is 1. The van der Waals surface area contributed by atoms with Gasteiger partial charge in [-0.25, -0.2) is 5.01 Å². The molecule has 1 amide bonds. The first-order chi connectivity index (χ1) is 8.77. The molecule has 2 aliphatic rings. The van der Waals surface area contributed by atoms with Gasteiger partial charge in [-0.1, -0.05) is 26.2 Å². The van der Waals surface area contributed by atoms with Crippen LogP contribution in [-0.4, -0.2) is 29.2 Å². The van der Waals surface area contributed by atoms with E-state index in [4.69, 9.17) is 5.73 Å². The van der Waals surface area contributed by atoms with E-state index >= 15 is 0 Å².